The van der Waals surface area contributed by atoms with Crippen molar-refractivity contribution in [2.75, 3.05) is 17.2 Å². The summed E-state index contributed by atoms with van der Waals surface area (Å²) in [7, 11) is 0. The number of nitrogens with one attached hydrogen (secondary N) is 2. The van der Waals surface area contributed by atoms with E-state index in [9.17, 15) is 13.2 Å². The Bertz CT molecular complexity index is 1010. The molecule has 0 bridgehead atoms. The van der Waals surface area contributed by atoms with E-state index in [4.69, 9.17) is 5.73 Å². The molecular weight excluding hydrogens is 500 g/mol. The number of fused-ring (bicyclic) bond motifs is 1. The molecule has 0 radical (unpaired) electrons. The van der Waals surface area contributed by atoms with Gasteiger partial charge in [0.2, 0.25) is 5.95 Å². The Morgan fingerprint density at radius 3 is 2.59 bits per heavy atom. The minimum absolute atomic E-state index is 0.284. The number of anilines is 3. The van der Waals surface area contributed by atoms with Crippen LogP contribution in [0.3, 0.4) is 0 Å². The lowest BCUT2D eigenvalue weighted by Crippen LogP contribution is -2.43. The maximum Gasteiger partial charge on any atom is 0.433 e. The van der Waals surface area contributed by atoms with Crippen LogP contribution in [0.2, 0.25) is 0 Å². The summed E-state index contributed by atoms with van der Waals surface area (Å²) in [4.78, 5) is 12.4. The third-order valence-electron chi connectivity index (χ3n) is 4.90. The second-order valence-corrected chi connectivity index (χ2v) is 8.03. The monoisotopic (exact) mass is 518 g/mol. The molecule has 1 aliphatic rings. The van der Waals surface area contributed by atoms with Gasteiger partial charge in [-0.25, -0.2) is 4.98 Å². The van der Waals surface area contributed by atoms with Gasteiger partial charge in [-0.05, 0) is 25.0 Å². The van der Waals surface area contributed by atoms with Gasteiger partial charge >= 0.3 is 6.18 Å². The Morgan fingerprint density at radius 2 is 1.93 bits per heavy atom. The summed E-state index contributed by atoms with van der Waals surface area (Å²) in [5.41, 5.74) is 6.09. The normalized spacial score (nSPS) is 16.3. The van der Waals surface area contributed by atoms with Gasteiger partial charge < -0.3 is 16.4 Å². The van der Waals surface area contributed by atoms with Crippen LogP contribution in [0.25, 0.3) is 11.0 Å². The van der Waals surface area contributed by atoms with Crippen LogP contribution < -0.4 is 16.4 Å². The predicted molar refractivity (Wildman–Crippen MR) is 111 cm³/mol. The number of hydrogen-bond acceptors (Lipinski definition) is 7. The fraction of sp³-hybridized carbons (Fsp3) is 0.412. The number of aromatic nitrogens is 5. The van der Waals surface area contributed by atoms with Crippen LogP contribution in [-0.4, -0.2) is 35.0 Å². The summed E-state index contributed by atoms with van der Waals surface area (Å²) in [6.07, 6.45) is 2.30. The molecule has 12 heteroatoms. The minimum atomic E-state index is -4.49. The van der Waals surface area contributed by atoms with Crippen molar-refractivity contribution in [3.05, 3.63) is 30.2 Å². The summed E-state index contributed by atoms with van der Waals surface area (Å²) in [6.45, 7) is 0.537. The number of hydrogen-bond donors (Lipinski definition) is 3. The van der Waals surface area contributed by atoms with Crippen molar-refractivity contribution >= 4 is 51.4 Å². The molecular formula is C17H18F3IN8. The Morgan fingerprint density at radius 1 is 1.17 bits per heavy atom. The molecule has 154 valence electrons. The van der Waals surface area contributed by atoms with Gasteiger partial charge in [-0.3, -0.25) is 0 Å². The van der Waals surface area contributed by atoms with Crippen molar-refractivity contribution in [3.8, 4) is 0 Å². The van der Waals surface area contributed by atoms with E-state index in [0.717, 1.165) is 37.9 Å². The van der Waals surface area contributed by atoms with Crippen molar-refractivity contribution in [2.45, 2.75) is 37.4 Å². The first-order chi connectivity index (χ1) is 13.7. The molecule has 3 aromatic heterocycles. The molecule has 3 heterocycles. The molecule has 29 heavy (non-hydrogen) atoms. The van der Waals surface area contributed by atoms with Gasteiger partial charge in [0.05, 0.1) is 46.3 Å². The Hall–Kier alpha value is -2.22. The van der Waals surface area contributed by atoms with Crippen molar-refractivity contribution in [2.24, 2.45) is 5.73 Å². The molecule has 0 amide bonds. The molecule has 1 fully saturated rings. The quantitative estimate of drug-likeness (QED) is 0.441. The van der Waals surface area contributed by atoms with Crippen LogP contribution in [-0.2, 0) is 6.18 Å². The molecule has 0 aromatic carbocycles. The van der Waals surface area contributed by atoms with Gasteiger partial charge in [0.1, 0.15) is 11.5 Å². The minimum Gasteiger partial charge on any atom is -0.352 e. The molecule has 4 N–H and O–H groups in total. The standard InChI is InChI=1S/C17H18F3IN8/c18-17(19,20)12-4-3-10(7-23-12)26-13-11-8-25-29(21)14(11)28-15(27-13)24-9-16(22)5-1-2-6-16/h3-4,7-8H,1-2,5-6,9,22H2,(H2,24,26,27,28). The number of nitrogens with zero attached hydrogens (tertiary/aromatic N) is 5. The van der Waals surface area contributed by atoms with E-state index in [2.05, 4.69) is 30.7 Å². The third-order valence-corrected chi connectivity index (χ3v) is 5.61. The molecule has 1 aliphatic carbocycles. The zero-order valence-electron chi connectivity index (χ0n) is 15.2. The Labute approximate surface area is 178 Å². The second-order valence-electron chi connectivity index (χ2n) is 7.12. The summed E-state index contributed by atoms with van der Waals surface area (Å²) in [5.74, 6) is 0.787. The van der Waals surface area contributed by atoms with E-state index in [1.54, 1.807) is 9.09 Å². The van der Waals surface area contributed by atoms with Gasteiger partial charge in [-0.15, -0.1) is 0 Å². The van der Waals surface area contributed by atoms with Crippen LogP contribution >= 0.6 is 22.9 Å². The molecule has 3 aromatic rings. The van der Waals surface area contributed by atoms with Gasteiger partial charge in [-0.2, -0.15) is 31.1 Å². The molecule has 0 unspecified atom stereocenters. The number of halogens is 4. The first kappa shape index (κ1) is 20.1. The maximum absolute atomic E-state index is 12.7. The van der Waals surface area contributed by atoms with E-state index < -0.39 is 11.9 Å². The molecule has 8 nitrogen and oxygen atoms in total. The SMILES string of the molecule is NC1(CNc2nc(Nc3ccc(C(F)(F)F)nc3)c3cnn(I)c3n2)CCCC1. The van der Waals surface area contributed by atoms with Crippen LogP contribution in [0, 0.1) is 0 Å². The first-order valence-electron chi connectivity index (χ1n) is 8.98. The molecule has 0 aliphatic heterocycles. The highest BCUT2D eigenvalue weighted by atomic mass is 127. The van der Waals surface area contributed by atoms with Crippen LogP contribution in [0.1, 0.15) is 31.4 Å². The van der Waals surface area contributed by atoms with Gasteiger partial charge in [-0.1, -0.05) is 12.8 Å². The lowest BCUT2D eigenvalue weighted by Gasteiger charge is -2.23. The number of pyridine rings is 1. The third kappa shape index (κ3) is 4.37. The van der Waals surface area contributed by atoms with Crippen molar-refractivity contribution in [3.63, 3.8) is 0 Å². The van der Waals surface area contributed by atoms with Gasteiger partial charge in [0, 0.05) is 12.1 Å². The summed E-state index contributed by atoms with van der Waals surface area (Å²) >= 11 is 2.00. The Kier molecular flexibility index (Phi) is 5.23. The number of rotatable bonds is 5. The largest absolute Gasteiger partial charge is 0.433 e. The predicted octanol–water partition coefficient (Wildman–Crippen LogP) is 3.87. The smallest absolute Gasteiger partial charge is 0.352 e. The average Bonchev–Trinajstić information content (AvgIpc) is 3.27. The van der Waals surface area contributed by atoms with E-state index in [0.29, 0.717) is 35.0 Å². The highest BCUT2D eigenvalue weighted by molar-refractivity contribution is 14.1. The number of alkyl halides is 3. The first-order valence-corrected chi connectivity index (χ1v) is 9.95. The molecule has 4 rings (SSSR count). The molecule has 1 saturated carbocycles. The van der Waals surface area contributed by atoms with Crippen LogP contribution in [0.4, 0.5) is 30.6 Å². The van der Waals surface area contributed by atoms with E-state index in [1.807, 2.05) is 22.9 Å². The van der Waals surface area contributed by atoms with Gasteiger partial charge in [0.15, 0.2) is 5.65 Å². The van der Waals surface area contributed by atoms with E-state index in [1.165, 1.54) is 6.07 Å². The Balaban J connectivity index is 1.61. The molecule has 0 spiro atoms. The fourth-order valence-corrected chi connectivity index (χ4v) is 3.83. The van der Waals surface area contributed by atoms with Gasteiger partial charge in [0.25, 0.3) is 0 Å². The fourth-order valence-electron chi connectivity index (χ4n) is 3.34. The highest BCUT2D eigenvalue weighted by Gasteiger charge is 2.32. The average molecular weight is 518 g/mol. The van der Waals surface area contributed by atoms with Crippen molar-refractivity contribution in [1.82, 2.24) is 22.9 Å². The van der Waals surface area contributed by atoms with Crippen molar-refractivity contribution in [1.29, 1.82) is 0 Å². The lowest BCUT2D eigenvalue weighted by molar-refractivity contribution is -0.141. The van der Waals surface area contributed by atoms with Crippen LogP contribution in [0.5, 0.6) is 0 Å². The summed E-state index contributed by atoms with van der Waals surface area (Å²) in [6, 6.07) is 2.22. The maximum atomic E-state index is 12.7. The zero-order chi connectivity index (χ0) is 20.6. The molecule has 0 atom stereocenters. The summed E-state index contributed by atoms with van der Waals surface area (Å²) < 4.78 is 39.7. The highest BCUT2D eigenvalue weighted by Crippen LogP contribution is 2.31. The van der Waals surface area contributed by atoms with E-state index in [-0.39, 0.29) is 5.54 Å². The van der Waals surface area contributed by atoms with Crippen molar-refractivity contribution < 1.29 is 13.2 Å². The second kappa shape index (κ2) is 7.55. The number of nitrogens with two attached hydrogens (primary N) is 1. The zero-order valence-corrected chi connectivity index (χ0v) is 17.3. The topological polar surface area (TPSA) is 107 Å². The van der Waals surface area contributed by atoms with E-state index >= 15 is 0 Å². The summed E-state index contributed by atoms with van der Waals surface area (Å²) in [5, 5.41) is 11.0. The molecule has 0 saturated heterocycles. The van der Waals surface area contributed by atoms with Crippen LogP contribution in [0.15, 0.2) is 24.5 Å². The lowest BCUT2D eigenvalue weighted by atomic mass is 10.00.